The van der Waals surface area contributed by atoms with Crippen molar-refractivity contribution in [3.05, 3.63) is 84.8 Å². The van der Waals surface area contributed by atoms with E-state index < -0.39 is 0 Å². The molecule has 1 aromatic carbocycles. The Hall–Kier alpha value is -4.36. The van der Waals surface area contributed by atoms with Gasteiger partial charge in [0.2, 0.25) is 0 Å². The Morgan fingerprint density at radius 2 is 1.77 bits per heavy atom. The fourth-order valence-electron chi connectivity index (χ4n) is 4.88. The van der Waals surface area contributed by atoms with Gasteiger partial charge in [0.05, 0.1) is 17.1 Å². The third-order valence-electron chi connectivity index (χ3n) is 6.72. The zero-order valence-corrected chi connectivity index (χ0v) is 19.1. The molecule has 1 fully saturated rings. The molecule has 2 N–H and O–H groups in total. The molecule has 0 unspecified atom stereocenters. The van der Waals surface area contributed by atoms with Gasteiger partial charge in [-0.15, -0.1) is 0 Å². The number of rotatable bonds is 4. The normalized spacial score (nSPS) is 15.4. The van der Waals surface area contributed by atoms with Crippen LogP contribution in [0.2, 0.25) is 0 Å². The molecule has 1 aliphatic heterocycles. The molecule has 0 atom stereocenters. The summed E-state index contributed by atoms with van der Waals surface area (Å²) in [7, 11) is 0. The second kappa shape index (κ2) is 8.14. The standard InChI is InChI=1S/C28H23N7/c1-2-5-19(6-3-1)23-15-21-20(9-10-31-26(21)32-23)27-33-24-17-30-16-22(18-7-4-8-18)25(24)28(34-27)35-13-11-29-12-14-35/h1-10,15-17,29H,11-14H2,(H,31,32). The lowest BCUT2D eigenvalue weighted by Gasteiger charge is -2.30. The summed E-state index contributed by atoms with van der Waals surface area (Å²) < 4.78 is 0. The minimum Gasteiger partial charge on any atom is -0.353 e. The molecule has 0 radical (unpaired) electrons. The van der Waals surface area contributed by atoms with Gasteiger partial charge >= 0.3 is 0 Å². The van der Waals surface area contributed by atoms with E-state index in [2.05, 4.69) is 61.6 Å². The van der Waals surface area contributed by atoms with Gasteiger partial charge in [0.1, 0.15) is 11.5 Å². The average molecular weight is 458 g/mol. The lowest BCUT2D eigenvalue weighted by molar-refractivity contribution is 0.586. The Bertz CT molecular complexity index is 1630. The van der Waals surface area contributed by atoms with Gasteiger partial charge in [-0.25, -0.2) is 15.0 Å². The van der Waals surface area contributed by atoms with Gasteiger partial charge in [-0.1, -0.05) is 48.6 Å². The predicted molar refractivity (Wildman–Crippen MR) is 140 cm³/mol. The second-order valence-electron chi connectivity index (χ2n) is 8.84. The Labute approximate surface area is 202 Å². The molecule has 170 valence electrons. The zero-order valence-electron chi connectivity index (χ0n) is 19.1. The topological polar surface area (TPSA) is 82.6 Å². The molecule has 0 bridgehead atoms. The summed E-state index contributed by atoms with van der Waals surface area (Å²) in [5.41, 5.74) is 7.03. The predicted octanol–water partition coefficient (Wildman–Crippen LogP) is 4.60. The number of allylic oxidation sites excluding steroid dienone is 4. The number of piperazine rings is 1. The number of hydrogen-bond acceptors (Lipinski definition) is 6. The van der Waals surface area contributed by atoms with Gasteiger partial charge in [0.15, 0.2) is 5.82 Å². The van der Waals surface area contributed by atoms with Crippen LogP contribution >= 0.6 is 0 Å². The fourth-order valence-corrected chi connectivity index (χ4v) is 4.88. The van der Waals surface area contributed by atoms with E-state index in [1.807, 2.05) is 42.9 Å². The highest BCUT2D eigenvalue weighted by Crippen LogP contribution is 2.37. The lowest BCUT2D eigenvalue weighted by atomic mass is 9.97. The molecule has 5 aromatic rings. The molecule has 5 heterocycles. The second-order valence-corrected chi connectivity index (χ2v) is 8.84. The van der Waals surface area contributed by atoms with Crippen molar-refractivity contribution in [1.29, 1.82) is 0 Å². The summed E-state index contributed by atoms with van der Waals surface area (Å²) in [6.45, 7) is 3.66. The molecule has 0 amide bonds. The Morgan fingerprint density at radius 1 is 0.914 bits per heavy atom. The van der Waals surface area contributed by atoms with Crippen molar-refractivity contribution in [2.75, 3.05) is 31.1 Å². The number of aromatic amines is 1. The van der Waals surface area contributed by atoms with E-state index in [1.165, 1.54) is 5.57 Å². The van der Waals surface area contributed by atoms with Crippen molar-refractivity contribution >= 4 is 33.3 Å². The molecule has 0 saturated carbocycles. The first-order chi connectivity index (χ1) is 17.3. The fraction of sp³-hybridized carbons (Fsp3) is 0.143. The first-order valence-electron chi connectivity index (χ1n) is 11.9. The van der Waals surface area contributed by atoms with Crippen LogP contribution in [0, 0.1) is 0 Å². The van der Waals surface area contributed by atoms with Crippen LogP contribution < -0.4 is 10.2 Å². The highest BCUT2D eigenvalue weighted by Gasteiger charge is 2.22. The maximum absolute atomic E-state index is 5.19. The monoisotopic (exact) mass is 457 g/mol. The molecule has 7 rings (SSSR count). The number of nitrogens with zero attached hydrogens (tertiary/aromatic N) is 5. The van der Waals surface area contributed by atoms with Crippen molar-refractivity contribution in [1.82, 2.24) is 30.2 Å². The van der Waals surface area contributed by atoms with Gasteiger partial charge < -0.3 is 15.2 Å². The molecule has 1 saturated heterocycles. The molecule has 4 aromatic heterocycles. The third-order valence-corrected chi connectivity index (χ3v) is 6.72. The van der Waals surface area contributed by atoms with E-state index in [-0.39, 0.29) is 0 Å². The number of anilines is 1. The van der Waals surface area contributed by atoms with E-state index in [4.69, 9.17) is 9.97 Å². The van der Waals surface area contributed by atoms with Crippen LogP contribution in [0.15, 0.2) is 79.3 Å². The maximum Gasteiger partial charge on any atom is 0.163 e. The van der Waals surface area contributed by atoms with Gasteiger partial charge in [-0.05, 0) is 23.3 Å². The van der Waals surface area contributed by atoms with E-state index >= 15 is 0 Å². The highest BCUT2D eigenvalue weighted by atomic mass is 15.2. The molecular formula is C28H23N7. The van der Waals surface area contributed by atoms with Crippen LogP contribution in [0.5, 0.6) is 0 Å². The maximum atomic E-state index is 5.19. The summed E-state index contributed by atoms with van der Waals surface area (Å²) in [5, 5.41) is 5.51. The highest BCUT2D eigenvalue weighted by molar-refractivity contribution is 6.03. The number of H-pyrrole nitrogens is 1. The first kappa shape index (κ1) is 20.1. The Morgan fingerprint density at radius 3 is 2.57 bits per heavy atom. The quantitative estimate of drug-likeness (QED) is 0.411. The average Bonchev–Trinajstić information content (AvgIpc) is 3.33. The summed E-state index contributed by atoms with van der Waals surface area (Å²) in [6.07, 6.45) is 11.9. The minimum absolute atomic E-state index is 0.689. The van der Waals surface area contributed by atoms with Crippen LogP contribution in [0.1, 0.15) is 5.56 Å². The molecule has 7 heteroatoms. The van der Waals surface area contributed by atoms with Gasteiger partial charge in [-0.3, -0.25) is 4.98 Å². The number of hydrogen-bond donors (Lipinski definition) is 2. The van der Waals surface area contributed by atoms with Crippen molar-refractivity contribution in [3.63, 3.8) is 0 Å². The number of benzene rings is 1. The van der Waals surface area contributed by atoms with Crippen molar-refractivity contribution in [2.45, 2.75) is 0 Å². The van der Waals surface area contributed by atoms with E-state index in [0.717, 1.165) is 76.3 Å². The van der Waals surface area contributed by atoms with Crippen molar-refractivity contribution < 1.29 is 0 Å². The van der Waals surface area contributed by atoms with Gasteiger partial charge in [0.25, 0.3) is 0 Å². The SMILES string of the molecule is C1=CC(c2cncc3nc(-c4ccnc5[nH]c(-c6ccccc6)cc45)nc(N4CCNCC4)c23)=C1. The van der Waals surface area contributed by atoms with E-state index in [9.17, 15) is 0 Å². The molecule has 2 aliphatic rings. The minimum atomic E-state index is 0.689. The molecule has 35 heavy (non-hydrogen) atoms. The zero-order chi connectivity index (χ0) is 23.2. The summed E-state index contributed by atoms with van der Waals surface area (Å²) in [5.74, 6) is 1.66. The smallest absolute Gasteiger partial charge is 0.163 e. The summed E-state index contributed by atoms with van der Waals surface area (Å²) in [4.78, 5) is 25.2. The number of aromatic nitrogens is 5. The van der Waals surface area contributed by atoms with Crippen molar-refractivity contribution in [3.8, 4) is 22.6 Å². The molecule has 1 aliphatic carbocycles. The van der Waals surface area contributed by atoms with Gasteiger partial charge in [-0.2, -0.15) is 0 Å². The summed E-state index contributed by atoms with van der Waals surface area (Å²) in [6, 6.07) is 14.4. The van der Waals surface area contributed by atoms with Crippen LogP contribution in [-0.4, -0.2) is 51.1 Å². The molecule has 0 spiro atoms. The number of fused-ring (bicyclic) bond motifs is 2. The molecule has 7 nitrogen and oxygen atoms in total. The van der Waals surface area contributed by atoms with E-state index in [0.29, 0.717) is 5.82 Å². The number of nitrogens with one attached hydrogen (secondary N) is 2. The largest absolute Gasteiger partial charge is 0.353 e. The van der Waals surface area contributed by atoms with Crippen molar-refractivity contribution in [2.24, 2.45) is 0 Å². The van der Waals surface area contributed by atoms with Crippen LogP contribution in [0.25, 0.3) is 50.2 Å². The first-order valence-corrected chi connectivity index (χ1v) is 11.9. The molecular weight excluding hydrogens is 434 g/mol. The van der Waals surface area contributed by atoms with Crippen LogP contribution in [-0.2, 0) is 0 Å². The third kappa shape index (κ3) is 3.40. The number of pyridine rings is 2. The Kier molecular flexibility index (Phi) is 4.67. The Balaban J connectivity index is 1.44. The van der Waals surface area contributed by atoms with Gasteiger partial charge in [0, 0.05) is 60.8 Å². The summed E-state index contributed by atoms with van der Waals surface area (Å²) >= 11 is 0. The van der Waals surface area contributed by atoms with E-state index in [1.54, 1.807) is 0 Å². The van der Waals surface area contributed by atoms with Crippen LogP contribution in [0.3, 0.4) is 0 Å². The lowest BCUT2D eigenvalue weighted by Crippen LogP contribution is -2.44. The van der Waals surface area contributed by atoms with Crippen LogP contribution in [0.4, 0.5) is 5.82 Å².